The molecule has 1 aromatic carbocycles. The lowest BCUT2D eigenvalue weighted by Gasteiger charge is -2.33. The predicted molar refractivity (Wildman–Crippen MR) is 71.0 cm³/mol. The van der Waals surface area contributed by atoms with Gasteiger partial charge in [0.15, 0.2) is 0 Å². The van der Waals surface area contributed by atoms with Crippen molar-refractivity contribution in [2.24, 2.45) is 0 Å². The van der Waals surface area contributed by atoms with E-state index in [2.05, 4.69) is 48.3 Å². The minimum atomic E-state index is 0.321. The van der Waals surface area contributed by atoms with Gasteiger partial charge in [0.05, 0.1) is 0 Å². The summed E-state index contributed by atoms with van der Waals surface area (Å²) in [6.45, 7) is 8.13. The van der Waals surface area contributed by atoms with Gasteiger partial charge in [0, 0.05) is 31.2 Å². The van der Waals surface area contributed by atoms with Crippen molar-refractivity contribution >= 4 is 0 Å². The molecule has 2 aliphatic heterocycles. The zero-order chi connectivity index (χ0) is 11.9. The molecule has 92 valence electrons. The SMILES string of the molecule is CC1(C)CC(N2CCc3ccccc3C2)CN1. The van der Waals surface area contributed by atoms with Gasteiger partial charge in [0.2, 0.25) is 0 Å². The number of benzene rings is 1. The standard InChI is InChI=1S/C15H22N2/c1-15(2)9-14(10-16-15)17-8-7-12-5-3-4-6-13(12)11-17/h3-6,14,16H,7-11H2,1-2H3. The fraction of sp³-hybridized carbons (Fsp3) is 0.600. The highest BCUT2D eigenvalue weighted by atomic mass is 15.2. The summed E-state index contributed by atoms with van der Waals surface area (Å²) in [5, 5.41) is 3.63. The van der Waals surface area contributed by atoms with Crippen LogP contribution in [0.15, 0.2) is 24.3 Å². The van der Waals surface area contributed by atoms with Gasteiger partial charge >= 0.3 is 0 Å². The summed E-state index contributed by atoms with van der Waals surface area (Å²) in [5.41, 5.74) is 3.40. The minimum absolute atomic E-state index is 0.321. The van der Waals surface area contributed by atoms with Crippen LogP contribution in [0.1, 0.15) is 31.4 Å². The van der Waals surface area contributed by atoms with Crippen LogP contribution in [-0.4, -0.2) is 29.6 Å². The smallest absolute Gasteiger partial charge is 0.0241 e. The molecule has 0 amide bonds. The van der Waals surface area contributed by atoms with Gasteiger partial charge in [-0.3, -0.25) is 4.90 Å². The summed E-state index contributed by atoms with van der Waals surface area (Å²) in [7, 11) is 0. The normalized spacial score (nSPS) is 28.0. The van der Waals surface area contributed by atoms with Gasteiger partial charge in [-0.1, -0.05) is 24.3 Å². The van der Waals surface area contributed by atoms with Crippen LogP contribution in [0, 0.1) is 0 Å². The largest absolute Gasteiger partial charge is 0.310 e. The summed E-state index contributed by atoms with van der Waals surface area (Å²) >= 11 is 0. The Morgan fingerprint density at radius 1 is 1.24 bits per heavy atom. The molecule has 1 N–H and O–H groups in total. The topological polar surface area (TPSA) is 15.3 Å². The van der Waals surface area contributed by atoms with Crippen LogP contribution < -0.4 is 5.32 Å². The fourth-order valence-electron chi connectivity index (χ4n) is 3.21. The van der Waals surface area contributed by atoms with Crippen LogP contribution in [-0.2, 0) is 13.0 Å². The third-order valence-corrected chi connectivity index (χ3v) is 4.24. The first-order valence-corrected chi connectivity index (χ1v) is 6.70. The number of nitrogens with one attached hydrogen (secondary N) is 1. The second-order valence-corrected chi connectivity index (χ2v) is 6.11. The number of hydrogen-bond acceptors (Lipinski definition) is 2. The van der Waals surface area contributed by atoms with Crippen LogP contribution in [0.4, 0.5) is 0 Å². The number of fused-ring (bicyclic) bond motifs is 1. The zero-order valence-electron chi connectivity index (χ0n) is 10.9. The van der Waals surface area contributed by atoms with Crippen LogP contribution in [0.3, 0.4) is 0 Å². The summed E-state index contributed by atoms with van der Waals surface area (Å²) in [4.78, 5) is 2.66. The number of rotatable bonds is 1. The van der Waals surface area contributed by atoms with E-state index in [0.717, 1.165) is 19.1 Å². The van der Waals surface area contributed by atoms with E-state index in [0.29, 0.717) is 5.54 Å². The monoisotopic (exact) mass is 230 g/mol. The molecule has 0 aromatic heterocycles. The Balaban J connectivity index is 1.72. The Morgan fingerprint density at radius 2 is 2.00 bits per heavy atom. The average molecular weight is 230 g/mol. The maximum atomic E-state index is 3.63. The van der Waals surface area contributed by atoms with E-state index in [1.165, 1.54) is 24.9 Å². The maximum absolute atomic E-state index is 3.63. The molecule has 1 atom stereocenters. The lowest BCUT2D eigenvalue weighted by Crippen LogP contribution is -2.40. The Morgan fingerprint density at radius 3 is 2.71 bits per heavy atom. The van der Waals surface area contributed by atoms with Crippen LogP contribution >= 0.6 is 0 Å². The molecule has 17 heavy (non-hydrogen) atoms. The molecule has 0 saturated carbocycles. The molecule has 2 heterocycles. The molecule has 1 saturated heterocycles. The minimum Gasteiger partial charge on any atom is -0.310 e. The Bertz CT molecular complexity index is 411. The van der Waals surface area contributed by atoms with Crippen LogP contribution in [0.5, 0.6) is 0 Å². The molecular formula is C15H22N2. The highest BCUT2D eigenvalue weighted by Gasteiger charge is 2.34. The van der Waals surface area contributed by atoms with Crippen molar-refractivity contribution in [2.45, 2.75) is 44.8 Å². The molecule has 0 aliphatic carbocycles. The van der Waals surface area contributed by atoms with Crippen molar-refractivity contribution in [2.75, 3.05) is 13.1 Å². The third kappa shape index (κ3) is 2.24. The number of nitrogens with zero attached hydrogens (tertiary/aromatic N) is 1. The molecule has 2 aliphatic rings. The molecule has 2 nitrogen and oxygen atoms in total. The van der Waals surface area contributed by atoms with Gasteiger partial charge in [-0.25, -0.2) is 0 Å². The van der Waals surface area contributed by atoms with Crippen molar-refractivity contribution in [1.29, 1.82) is 0 Å². The van der Waals surface area contributed by atoms with Crippen molar-refractivity contribution < 1.29 is 0 Å². The van der Waals surface area contributed by atoms with Gasteiger partial charge in [0.1, 0.15) is 0 Å². The third-order valence-electron chi connectivity index (χ3n) is 4.24. The van der Waals surface area contributed by atoms with E-state index in [-0.39, 0.29) is 0 Å². The Labute approximate surface area is 104 Å². The molecule has 0 radical (unpaired) electrons. The lowest BCUT2D eigenvalue weighted by molar-refractivity contribution is 0.184. The van der Waals surface area contributed by atoms with E-state index in [4.69, 9.17) is 0 Å². The van der Waals surface area contributed by atoms with Gasteiger partial charge in [0.25, 0.3) is 0 Å². The second kappa shape index (κ2) is 4.11. The molecule has 3 rings (SSSR count). The molecule has 0 spiro atoms. The maximum Gasteiger partial charge on any atom is 0.0241 e. The summed E-state index contributed by atoms with van der Waals surface area (Å²) < 4.78 is 0. The van der Waals surface area contributed by atoms with Crippen molar-refractivity contribution in [1.82, 2.24) is 10.2 Å². The van der Waals surface area contributed by atoms with E-state index < -0.39 is 0 Å². The lowest BCUT2D eigenvalue weighted by atomic mass is 9.96. The van der Waals surface area contributed by atoms with E-state index in [9.17, 15) is 0 Å². The first-order chi connectivity index (χ1) is 8.14. The highest BCUT2D eigenvalue weighted by molar-refractivity contribution is 5.29. The van der Waals surface area contributed by atoms with Gasteiger partial charge in [-0.2, -0.15) is 0 Å². The fourth-order valence-corrected chi connectivity index (χ4v) is 3.21. The molecule has 1 fully saturated rings. The molecule has 2 heteroatoms. The van der Waals surface area contributed by atoms with E-state index >= 15 is 0 Å². The van der Waals surface area contributed by atoms with Crippen LogP contribution in [0.2, 0.25) is 0 Å². The molecule has 1 unspecified atom stereocenters. The van der Waals surface area contributed by atoms with E-state index in [1.807, 2.05) is 0 Å². The average Bonchev–Trinajstić information content (AvgIpc) is 2.69. The van der Waals surface area contributed by atoms with Gasteiger partial charge < -0.3 is 5.32 Å². The van der Waals surface area contributed by atoms with Crippen molar-refractivity contribution in [3.8, 4) is 0 Å². The summed E-state index contributed by atoms with van der Waals surface area (Å²) in [5.74, 6) is 0. The van der Waals surface area contributed by atoms with E-state index in [1.54, 1.807) is 5.56 Å². The molecular weight excluding hydrogens is 208 g/mol. The molecule has 0 bridgehead atoms. The van der Waals surface area contributed by atoms with Gasteiger partial charge in [-0.05, 0) is 37.8 Å². The summed E-state index contributed by atoms with van der Waals surface area (Å²) in [6, 6.07) is 9.62. The molecule has 1 aromatic rings. The number of hydrogen-bond donors (Lipinski definition) is 1. The predicted octanol–water partition coefficient (Wildman–Crippen LogP) is 2.19. The Kier molecular flexibility index (Phi) is 2.72. The van der Waals surface area contributed by atoms with Crippen molar-refractivity contribution in [3.63, 3.8) is 0 Å². The quantitative estimate of drug-likeness (QED) is 0.795. The first-order valence-electron chi connectivity index (χ1n) is 6.70. The van der Waals surface area contributed by atoms with Gasteiger partial charge in [-0.15, -0.1) is 0 Å². The first kappa shape index (κ1) is 11.2. The van der Waals surface area contributed by atoms with Crippen LogP contribution in [0.25, 0.3) is 0 Å². The Hall–Kier alpha value is -0.860. The van der Waals surface area contributed by atoms with Crippen molar-refractivity contribution in [3.05, 3.63) is 35.4 Å². The second-order valence-electron chi connectivity index (χ2n) is 6.11. The highest BCUT2D eigenvalue weighted by Crippen LogP contribution is 2.27. The summed E-state index contributed by atoms with van der Waals surface area (Å²) in [6.07, 6.45) is 2.49. The zero-order valence-corrected chi connectivity index (χ0v) is 10.9.